The smallest absolute Gasteiger partial charge is 0.123 e. The summed E-state index contributed by atoms with van der Waals surface area (Å²) < 4.78 is 0. The largest absolute Gasteiger partial charge is 0.278 e. The Labute approximate surface area is 55.8 Å². The van der Waals surface area contributed by atoms with E-state index in [0.29, 0.717) is 0 Å². The van der Waals surface area contributed by atoms with Gasteiger partial charge in [-0.25, -0.2) is 0 Å². The molecule has 1 nitrogen and oxygen atoms in total. The first-order valence-electron chi connectivity index (χ1n) is 2.93. The van der Waals surface area contributed by atoms with Crippen LogP contribution in [0.2, 0.25) is 0 Å². The average Bonchev–Trinajstić information content (AvgIpc) is 1.68. The van der Waals surface area contributed by atoms with Crippen molar-refractivity contribution in [3.63, 3.8) is 0 Å². The van der Waals surface area contributed by atoms with E-state index in [0.717, 1.165) is 12.8 Å². The third kappa shape index (κ3) is 4.13. The monoisotopic (exact) mass is 133 g/mol. The van der Waals surface area contributed by atoms with Gasteiger partial charge in [0.2, 0.25) is 0 Å². The lowest BCUT2D eigenvalue weighted by Gasteiger charge is -1.97. The lowest BCUT2D eigenvalue weighted by Crippen LogP contribution is -1.90. The highest BCUT2D eigenvalue weighted by Crippen LogP contribution is 2.04. The van der Waals surface area contributed by atoms with Crippen molar-refractivity contribution >= 4 is 17.8 Å². The molecule has 0 saturated heterocycles. The molecule has 0 aliphatic carbocycles. The van der Waals surface area contributed by atoms with Gasteiger partial charge >= 0.3 is 0 Å². The number of halogens is 1. The maximum absolute atomic E-state index is 5.68. The second-order valence-corrected chi connectivity index (χ2v) is 2.13. The molecule has 1 atom stereocenters. The number of hydrogen-bond acceptors (Lipinski definition) is 1. The van der Waals surface area contributed by atoms with Crippen LogP contribution < -0.4 is 0 Å². The maximum Gasteiger partial charge on any atom is 0.123 e. The topological polar surface area (TPSA) is 12.4 Å². The predicted molar refractivity (Wildman–Crippen MR) is 38.7 cm³/mol. The van der Waals surface area contributed by atoms with Crippen LogP contribution in [0.5, 0.6) is 0 Å². The van der Waals surface area contributed by atoms with E-state index in [1.165, 1.54) is 0 Å². The van der Waals surface area contributed by atoms with Crippen LogP contribution in [-0.4, -0.2) is 11.7 Å². The Kier molecular flexibility index (Phi) is 5.08. The third-order valence-electron chi connectivity index (χ3n) is 0.838. The maximum atomic E-state index is 5.68. The molecule has 8 heavy (non-hydrogen) atoms. The summed E-state index contributed by atoms with van der Waals surface area (Å²) >= 11 is 5.68. The van der Waals surface area contributed by atoms with Crippen molar-refractivity contribution in [1.82, 2.24) is 0 Å². The number of alkyl halides is 1. The van der Waals surface area contributed by atoms with Gasteiger partial charge in [-0.2, -0.15) is 0 Å². The third-order valence-corrected chi connectivity index (χ3v) is 1.17. The summed E-state index contributed by atoms with van der Waals surface area (Å²) in [5.41, 5.74) is 0.00463. The molecule has 0 N–H and O–H groups in total. The minimum absolute atomic E-state index is 0.00463. The number of hydrogen-bond donors (Lipinski definition) is 0. The van der Waals surface area contributed by atoms with Crippen LogP contribution in [0.25, 0.3) is 0 Å². The second-order valence-electron chi connectivity index (χ2n) is 1.63. The Balaban J connectivity index is 3.17. The van der Waals surface area contributed by atoms with Gasteiger partial charge in [0.1, 0.15) is 5.50 Å². The van der Waals surface area contributed by atoms with Crippen LogP contribution in [0, 0.1) is 0 Å². The Morgan fingerprint density at radius 1 is 1.75 bits per heavy atom. The van der Waals surface area contributed by atoms with E-state index >= 15 is 0 Å². The Hall–Kier alpha value is -0.0400. The van der Waals surface area contributed by atoms with E-state index in [-0.39, 0.29) is 5.50 Å². The molecular formula is C6H12ClN. The fourth-order valence-electron chi connectivity index (χ4n) is 0.474. The zero-order chi connectivity index (χ0) is 6.41. The molecule has 0 aromatic heterocycles. The summed E-state index contributed by atoms with van der Waals surface area (Å²) in [6.07, 6.45) is 3.82. The van der Waals surface area contributed by atoms with Gasteiger partial charge in [-0.05, 0) is 19.6 Å². The van der Waals surface area contributed by atoms with Crippen LogP contribution in [0.1, 0.15) is 26.7 Å². The molecule has 2 heteroatoms. The molecule has 0 aromatic rings. The van der Waals surface area contributed by atoms with Crippen LogP contribution in [0.4, 0.5) is 0 Å². The van der Waals surface area contributed by atoms with Gasteiger partial charge in [0.25, 0.3) is 0 Å². The highest BCUT2D eigenvalue weighted by Gasteiger charge is 1.94. The van der Waals surface area contributed by atoms with Crippen LogP contribution in [0.3, 0.4) is 0 Å². The molecule has 48 valence electrons. The van der Waals surface area contributed by atoms with Gasteiger partial charge < -0.3 is 0 Å². The minimum Gasteiger partial charge on any atom is -0.278 e. The van der Waals surface area contributed by atoms with Gasteiger partial charge in [0.05, 0.1) is 0 Å². The quantitative estimate of drug-likeness (QED) is 0.319. The van der Waals surface area contributed by atoms with E-state index < -0.39 is 0 Å². The summed E-state index contributed by atoms with van der Waals surface area (Å²) in [4.78, 5) is 3.95. The van der Waals surface area contributed by atoms with Crippen molar-refractivity contribution in [1.29, 1.82) is 0 Å². The lowest BCUT2D eigenvalue weighted by molar-refractivity contribution is 0.760. The van der Waals surface area contributed by atoms with Crippen molar-refractivity contribution < 1.29 is 0 Å². The van der Waals surface area contributed by atoms with Gasteiger partial charge in [-0.1, -0.05) is 24.9 Å². The molecule has 0 rings (SSSR count). The van der Waals surface area contributed by atoms with Crippen molar-refractivity contribution in [2.24, 2.45) is 4.99 Å². The lowest BCUT2D eigenvalue weighted by atomic mass is 10.3. The van der Waals surface area contributed by atoms with Gasteiger partial charge in [-0.3, -0.25) is 4.99 Å². The van der Waals surface area contributed by atoms with Crippen LogP contribution in [-0.2, 0) is 0 Å². The number of rotatable bonds is 3. The Bertz CT molecular complexity index is 70.9. The fourth-order valence-corrected chi connectivity index (χ4v) is 0.805. The molecule has 0 aromatic carbocycles. The molecule has 0 spiro atoms. The zero-order valence-electron chi connectivity index (χ0n) is 5.39. The van der Waals surface area contributed by atoms with Gasteiger partial charge in [0.15, 0.2) is 0 Å². The molecule has 0 fully saturated rings. The van der Waals surface area contributed by atoms with E-state index in [9.17, 15) is 0 Å². The van der Waals surface area contributed by atoms with Crippen molar-refractivity contribution in [2.75, 3.05) is 0 Å². The average molecular weight is 134 g/mol. The standard InChI is InChI=1S/C6H12ClN/c1-3-5-6(7)8-4-2/h4,6H,3,5H2,1-2H3. The highest BCUT2D eigenvalue weighted by molar-refractivity contribution is 6.20. The summed E-state index contributed by atoms with van der Waals surface area (Å²) in [5, 5.41) is 0. The van der Waals surface area contributed by atoms with E-state index in [1.54, 1.807) is 6.21 Å². The zero-order valence-corrected chi connectivity index (χ0v) is 6.15. The van der Waals surface area contributed by atoms with Crippen molar-refractivity contribution in [2.45, 2.75) is 32.2 Å². The van der Waals surface area contributed by atoms with E-state index in [1.807, 2.05) is 6.92 Å². The van der Waals surface area contributed by atoms with E-state index in [2.05, 4.69) is 11.9 Å². The molecule has 0 radical (unpaired) electrons. The van der Waals surface area contributed by atoms with Crippen LogP contribution >= 0.6 is 11.6 Å². The van der Waals surface area contributed by atoms with Crippen molar-refractivity contribution in [3.05, 3.63) is 0 Å². The molecular weight excluding hydrogens is 122 g/mol. The van der Waals surface area contributed by atoms with E-state index in [4.69, 9.17) is 11.6 Å². The van der Waals surface area contributed by atoms with Gasteiger partial charge in [0, 0.05) is 0 Å². The normalized spacial score (nSPS) is 14.9. The number of aliphatic imine (C=N–C) groups is 1. The first-order valence-corrected chi connectivity index (χ1v) is 3.36. The van der Waals surface area contributed by atoms with Crippen molar-refractivity contribution in [3.8, 4) is 0 Å². The molecule has 0 amide bonds. The Morgan fingerprint density at radius 3 is 2.75 bits per heavy atom. The van der Waals surface area contributed by atoms with Crippen LogP contribution in [0.15, 0.2) is 4.99 Å². The van der Waals surface area contributed by atoms with Gasteiger partial charge in [-0.15, -0.1) is 0 Å². The summed E-state index contributed by atoms with van der Waals surface area (Å²) in [6, 6.07) is 0. The Morgan fingerprint density at radius 2 is 2.38 bits per heavy atom. The first kappa shape index (κ1) is 7.96. The molecule has 0 aliphatic rings. The SMILES string of the molecule is CC=NC(Cl)CCC. The summed E-state index contributed by atoms with van der Waals surface area (Å²) in [6.45, 7) is 3.98. The minimum atomic E-state index is 0.00463. The summed E-state index contributed by atoms with van der Waals surface area (Å²) in [7, 11) is 0. The summed E-state index contributed by atoms with van der Waals surface area (Å²) in [5.74, 6) is 0. The fraction of sp³-hybridized carbons (Fsp3) is 0.833. The molecule has 0 aliphatic heterocycles. The molecule has 1 unspecified atom stereocenters. The number of nitrogens with zero attached hydrogens (tertiary/aromatic N) is 1. The first-order chi connectivity index (χ1) is 3.81. The second kappa shape index (κ2) is 5.10. The molecule has 0 bridgehead atoms. The molecule has 0 heterocycles. The highest BCUT2D eigenvalue weighted by atomic mass is 35.5. The molecule has 0 saturated carbocycles. The predicted octanol–water partition coefficient (Wildman–Crippen LogP) is 2.44.